The van der Waals surface area contributed by atoms with Crippen LogP contribution in [0.1, 0.15) is 34.3 Å². The van der Waals surface area contributed by atoms with E-state index in [1.54, 1.807) is 19.0 Å². The highest BCUT2D eigenvalue weighted by Crippen LogP contribution is 2.29. The van der Waals surface area contributed by atoms with Crippen LogP contribution in [0, 0.1) is 19.8 Å². The smallest absolute Gasteiger partial charge is 0.319 e. The van der Waals surface area contributed by atoms with E-state index < -0.39 is 0 Å². The number of nitrogens with zero attached hydrogens (tertiary/aromatic N) is 3. The summed E-state index contributed by atoms with van der Waals surface area (Å²) in [4.78, 5) is 30.9. The van der Waals surface area contributed by atoms with Crippen molar-refractivity contribution in [1.82, 2.24) is 14.7 Å². The second-order valence-electron chi connectivity index (χ2n) is 7.44. The Kier molecular flexibility index (Phi) is 4.52. The van der Waals surface area contributed by atoms with Gasteiger partial charge in [-0.1, -0.05) is 6.07 Å². The van der Waals surface area contributed by atoms with Gasteiger partial charge < -0.3 is 14.7 Å². The fourth-order valence-corrected chi connectivity index (χ4v) is 3.81. The van der Waals surface area contributed by atoms with E-state index in [1.165, 1.54) is 5.56 Å². The summed E-state index contributed by atoms with van der Waals surface area (Å²) in [6.45, 7) is 6.25. The highest BCUT2D eigenvalue weighted by Gasteiger charge is 2.39. The first-order valence-electron chi connectivity index (χ1n) is 8.71. The molecule has 0 spiro atoms. The van der Waals surface area contributed by atoms with Crippen LogP contribution in [0.5, 0.6) is 0 Å². The van der Waals surface area contributed by atoms with Crippen molar-refractivity contribution < 1.29 is 9.59 Å². The molecule has 0 aromatic heterocycles. The van der Waals surface area contributed by atoms with Crippen molar-refractivity contribution in [2.24, 2.45) is 5.92 Å². The van der Waals surface area contributed by atoms with Crippen LogP contribution in [0.3, 0.4) is 0 Å². The molecule has 2 bridgehead atoms. The Balaban J connectivity index is 1.81. The highest BCUT2D eigenvalue weighted by molar-refractivity contribution is 5.95. The van der Waals surface area contributed by atoms with E-state index in [4.69, 9.17) is 0 Å². The molecule has 3 fully saturated rings. The molecule has 3 heterocycles. The maximum absolute atomic E-state index is 13.0. The Hall–Kier alpha value is -2.04. The van der Waals surface area contributed by atoms with E-state index in [9.17, 15) is 9.59 Å². The maximum atomic E-state index is 13.0. The van der Waals surface area contributed by atoms with Gasteiger partial charge in [0.1, 0.15) is 0 Å². The van der Waals surface area contributed by atoms with Gasteiger partial charge in [-0.25, -0.2) is 4.79 Å². The standard InChI is InChI=1S/C19H27N3O2/c1-13-5-7-16(9-14(13)2)18(23)22-11-15-6-8-17(22)12-21(10-15)19(24)20(3)4/h5,7,9,15,17H,6,8,10-12H2,1-4H3/t15-,17+/m0/s1. The lowest BCUT2D eigenvalue weighted by molar-refractivity contribution is 0.0585. The van der Waals surface area contributed by atoms with Crippen molar-refractivity contribution in [2.75, 3.05) is 33.7 Å². The fourth-order valence-electron chi connectivity index (χ4n) is 3.81. The van der Waals surface area contributed by atoms with Crippen LogP contribution < -0.4 is 0 Å². The molecule has 3 aliphatic heterocycles. The zero-order valence-electron chi connectivity index (χ0n) is 15.1. The number of hydrogen-bond acceptors (Lipinski definition) is 2. The van der Waals surface area contributed by atoms with Gasteiger partial charge in [-0.05, 0) is 55.9 Å². The van der Waals surface area contributed by atoms with Crippen molar-refractivity contribution in [1.29, 1.82) is 0 Å². The first kappa shape index (κ1) is 16.8. The molecule has 1 aromatic rings. The molecule has 3 aliphatic rings. The number of carbonyl (C=O) groups excluding carboxylic acids is 2. The minimum absolute atomic E-state index is 0.0485. The molecule has 0 aliphatic carbocycles. The van der Waals surface area contributed by atoms with Gasteiger partial charge in [-0.2, -0.15) is 0 Å². The van der Waals surface area contributed by atoms with Gasteiger partial charge in [-0.15, -0.1) is 0 Å². The van der Waals surface area contributed by atoms with Crippen LogP contribution in [0.2, 0.25) is 0 Å². The van der Waals surface area contributed by atoms with Crippen molar-refractivity contribution in [2.45, 2.75) is 32.7 Å². The second-order valence-corrected chi connectivity index (χ2v) is 7.44. The highest BCUT2D eigenvalue weighted by atomic mass is 16.2. The molecule has 24 heavy (non-hydrogen) atoms. The zero-order chi connectivity index (χ0) is 17.4. The summed E-state index contributed by atoms with van der Waals surface area (Å²) in [6.07, 6.45) is 2.08. The van der Waals surface area contributed by atoms with E-state index >= 15 is 0 Å². The molecular formula is C19H27N3O2. The van der Waals surface area contributed by atoms with Gasteiger partial charge in [0.05, 0.1) is 0 Å². The van der Waals surface area contributed by atoms with Crippen molar-refractivity contribution in [3.05, 3.63) is 34.9 Å². The third-order valence-corrected chi connectivity index (χ3v) is 5.38. The van der Waals surface area contributed by atoms with E-state index in [2.05, 4.69) is 6.92 Å². The summed E-state index contributed by atoms with van der Waals surface area (Å²) in [6, 6.07) is 6.10. The first-order valence-corrected chi connectivity index (χ1v) is 8.71. The number of fused-ring (bicyclic) bond motifs is 4. The van der Waals surface area contributed by atoms with E-state index in [0.29, 0.717) is 12.5 Å². The Morgan fingerprint density at radius 2 is 1.79 bits per heavy atom. The number of carbonyl (C=O) groups is 2. The molecule has 3 amide bonds. The summed E-state index contributed by atoms with van der Waals surface area (Å²) < 4.78 is 0. The van der Waals surface area contributed by atoms with Crippen LogP contribution >= 0.6 is 0 Å². The number of piperidine rings is 1. The number of benzene rings is 1. The van der Waals surface area contributed by atoms with Crippen molar-refractivity contribution in [3.8, 4) is 0 Å². The molecular weight excluding hydrogens is 302 g/mol. The predicted molar refractivity (Wildman–Crippen MR) is 94.1 cm³/mol. The Bertz CT molecular complexity index is 656. The second kappa shape index (κ2) is 6.46. The largest absolute Gasteiger partial charge is 0.334 e. The minimum Gasteiger partial charge on any atom is -0.334 e. The van der Waals surface area contributed by atoms with Crippen molar-refractivity contribution in [3.63, 3.8) is 0 Å². The Labute approximate surface area is 144 Å². The average Bonchev–Trinajstić information content (AvgIpc) is 2.87. The molecule has 2 atom stereocenters. The summed E-state index contributed by atoms with van der Waals surface area (Å²) in [5.74, 6) is 0.482. The van der Waals surface area contributed by atoms with Crippen LogP contribution in [-0.4, -0.2) is 66.4 Å². The van der Waals surface area contributed by atoms with Gasteiger partial charge in [0.25, 0.3) is 5.91 Å². The quantitative estimate of drug-likeness (QED) is 0.795. The fraction of sp³-hybridized carbons (Fsp3) is 0.579. The van der Waals surface area contributed by atoms with Gasteiger partial charge in [0.15, 0.2) is 0 Å². The summed E-state index contributed by atoms with van der Waals surface area (Å²) >= 11 is 0. The third kappa shape index (κ3) is 3.12. The number of urea groups is 1. The Morgan fingerprint density at radius 3 is 2.46 bits per heavy atom. The lowest BCUT2D eigenvalue weighted by Crippen LogP contribution is -2.48. The molecule has 0 saturated carbocycles. The van der Waals surface area contributed by atoms with E-state index in [0.717, 1.165) is 37.1 Å². The molecule has 130 valence electrons. The van der Waals surface area contributed by atoms with Crippen LogP contribution in [0.25, 0.3) is 0 Å². The molecule has 0 radical (unpaired) electrons. The van der Waals surface area contributed by atoms with Gasteiger partial charge >= 0.3 is 6.03 Å². The topological polar surface area (TPSA) is 43.9 Å². The van der Waals surface area contributed by atoms with Gasteiger partial charge in [0.2, 0.25) is 0 Å². The van der Waals surface area contributed by atoms with E-state index in [-0.39, 0.29) is 18.0 Å². The minimum atomic E-state index is 0.0485. The van der Waals surface area contributed by atoms with Gasteiger partial charge in [-0.3, -0.25) is 4.79 Å². The Morgan fingerprint density at radius 1 is 1.04 bits per heavy atom. The predicted octanol–water partition coefficient (Wildman–Crippen LogP) is 2.52. The molecule has 0 N–H and O–H groups in total. The van der Waals surface area contributed by atoms with Gasteiger partial charge in [0, 0.05) is 45.3 Å². The number of rotatable bonds is 1. The first-order chi connectivity index (χ1) is 11.4. The normalized spacial score (nSPS) is 23.2. The SMILES string of the molecule is Cc1ccc(C(=O)N2C[C@H]3CC[C@@H]2CN(C(=O)N(C)C)C3)cc1C. The lowest BCUT2D eigenvalue weighted by Gasteiger charge is -2.36. The van der Waals surface area contributed by atoms with Crippen LogP contribution in [-0.2, 0) is 0 Å². The molecule has 3 saturated heterocycles. The summed E-state index contributed by atoms with van der Waals surface area (Å²) in [5, 5.41) is 0. The zero-order valence-corrected chi connectivity index (χ0v) is 15.1. The summed E-state index contributed by atoms with van der Waals surface area (Å²) in [7, 11) is 3.57. The monoisotopic (exact) mass is 329 g/mol. The molecule has 5 heteroatoms. The van der Waals surface area contributed by atoms with E-state index in [1.807, 2.05) is 34.9 Å². The maximum Gasteiger partial charge on any atom is 0.319 e. The van der Waals surface area contributed by atoms with Crippen molar-refractivity contribution >= 4 is 11.9 Å². The van der Waals surface area contributed by atoms with Crippen LogP contribution in [0.15, 0.2) is 18.2 Å². The third-order valence-electron chi connectivity index (χ3n) is 5.38. The van der Waals surface area contributed by atoms with Crippen LogP contribution in [0.4, 0.5) is 4.79 Å². The summed E-state index contributed by atoms with van der Waals surface area (Å²) in [5.41, 5.74) is 3.10. The number of aryl methyl sites for hydroxylation is 2. The molecule has 1 aromatic carbocycles. The lowest BCUT2D eigenvalue weighted by atomic mass is 9.94. The molecule has 0 unspecified atom stereocenters. The average molecular weight is 329 g/mol. The number of amides is 3. The number of hydrogen-bond donors (Lipinski definition) is 0. The molecule has 4 rings (SSSR count). The molecule has 5 nitrogen and oxygen atoms in total.